The quantitative estimate of drug-likeness (QED) is 0.717. The van der Waals surface area contributed by atoms with E-state index < -0.39 is 0 Å². The average Bonchev–Trinajstić information content (AvgIpc) is 3.25. The van der Waals surface area contributed by atoms with E-state index in [9.17, 15) is 4.79 Å². The number of methoxy groups -OCH3 is 2. The third-order valence-corrected chi connectivity index (χ3v) is 4.66. The number of rotatable bonds is 9. The van der Waals surface area contributed by atoms with Gasteiger partial charge in [0, 0.05) is 25.8 Å². The number of ether oxygens (including phenoxy) is 4. The second kappa shape index (κ2) is 10.1. The first-order valence-corrected chi connectivity index (χ1v) is 9.47. The lowest BCUT2D eigenvalue weighted by molar-refractivity contribution is 0.0669. The van der Waals surface area contributed by atoms with Gasteiger partial charge in [-0.05, 0) is 48.2 Å². The second-order valence-corrected chi connectivity index (χ2v) is 6.74. The molecule has 1 aliphatic rings. The van der Waals surface area contributed by atoms with E-state index in [1.54, 1.807) is 26.4 Å². The molecule has 1 amide bonds. The van der Waals surface area contributed by atoms with E-state index in [2.05, 4.69) is 5.32 Å². The standard InChI is InChI=1S/C22H27NO5/c1-25-14-16-5-8-18(9-6-16)22(24)23-13-17-7-10-20(21(12-17)26-2)28-15-19-4-3-11-27-19/h5-10,12,19H,3-4,11,13-15H2,1-2H3,(H,23,24). The number of benzene rings is 2. The molecule has 150 valence electrons. The van der Waals surface area contributed by atoms with E-state index in [0.29, 0.717) is 36.8 Å². The first kappa shape index (κ1) is 20.2. The maximum Gasteiger partial charge on any atom is 0.251 e. The van der Waals surface area contributed by atoms with E-state index >= 15 is 0 Å². The molecule has 2 aromatic carbocycles. The fraction of sp³-hybridized carbons (Fsp3) is 0.409. The Morgan fingerprint density at radius 1 is 1.11 bits per heavy atom. The number of nitrogens with one attached hydrogen (secondary N) is 1. The van der Waals surface area contributed by atoms with Crippen LogP contribution in [-0.4, -0.2) is 39.4 Å². The molecule has 1 saturated heterocycles. The fourth-order valence-electron chi connectivity index (χ4n) is 3.10. The second-order valence-electron chi connectivity index (χ2n) is 6.74. The number of hydrogen-bond acceptors (Lipinski definition) is 5. The fourth-order valence-corrected chi connectivity index (χ4v) is 3.10. The maximum absolute atomic E-state index is 12.3. The molecule has 0 radical (unpaired) electrons. The van der Waals surface area contributed by atoms with Crippen molar-refractivity contribution < 1.29 is 23.7 Å². The summed E-state index contributed by atoms with van der Waals surface area (Å²) in [5.74, 6) is 1.21. The molecule has 0 aliphatic carbocycles. The van der Waals surface area contributed by atoms with Crippen LogP contribution in [0.2, 0.25) is 0 Å². The van der Waals surface area contributed by atoms with Gasteiger partial charge in [0.15, 0.2) is 11.5 Å². The first-order valence-electron chi connectivity index (χ1n) is 9.47. The summed E-state index contributed by atoms with van der Waals surface area (Å²) >= 11 is 0. The van der Waals surface area contributed by atoms with Crippen molar-refractivity contribution in [2.45, 2.75) is 32.1 Å². The van der Waals surface area contributed by atoms with Gasteiger partial charge in [-0.1, -0.05) is 18.2 Å². The molecule has 0 spiro atoms. The predicted molar refractivity (Wildman–Crippen MR) is 106 cm³/mol. The van der Waals surface area contributed by atoms with Gasteiger partial charge >= 0.3 is 0 Å². The van der Waals surface area contributed by atoms with Crippen LogP contribution in [0.15, 0.2) is 42.5 Å². The summed E-state index contributed by atoms with van der Waals surface area (Å²) in [4.78, 5) is 12.3. The molecule has 1 aliphatic heterocycles. The highest BCUT2D eigenvalue weighted by Gasteiger charge is 2.17. The number of carbonyl (C=O) groups is 1. The highest BCUT2D eigenvalue weighted by Crippen LogP contribution is 2.29. The monoisotopic (exact) mass is 385 g/mol. The van der Waals surface area contributed by atoms with Gasteiger partial charge in [0.2, 0.25) is 0 Å². The largest absolute Gasteiger partial charge is 0.493 e. The molecular weight excluding hydrogens is 358 g/mol. The minimum Gasteiger partial charge on any atom is -0.493 e. The normalized spacial score (nSPS) is 16.0. The molecule has 0 aromatic heterocycles. The van der Waals surface area contributed by atoms with Crippen LogP contribution in [0.5, 0.6) is 11.5 Å². The minimum absolute atomic E-state index is 0.123. The Kier molecular flexibility index (Phi) is 7.28. The van der Waals surface area contributed by atoms with Gasteiger partial charge in [-0.25, -0.2) is 0 Å². The van der Waals surface area contributed by atoms with E-state index in [1.165, 1.54) is 0 Å². The molecular formula is C22H27NO5. The summed E-state index contributed by atoms with van der Waals surface area (Å²) in [7, 11) is 3.26. The molecule has 6 nitrogen and oxygen atoms in total. The van der Waals surface area contributed by atoms with Crippen molar-refractivity contribution in [3.8, 4) is 11.5 Å². The van der Waals surface area contributed by atoms with Gasteiger partial charge in [-0.2, -0.15) is 0 Å². The van der Waals surface area contributed by atoms with Crippen molar-refractivity contribution in [2.75, 3.05) is 27.4 Å². The van der Waals surface area contributed by atoms with Crippen molar-refractivity contribution in [2.24, 2.45) is 0 Å². The van der Waals surface area contributed by atoms with Gasteiger partial charge in [0.1, 0.15) is 6.61 Å². The van der Waals surface area contributed by atoms with Crippen LogP contribution in [0.4, 0.5) is 0 Å². The molecule has 0 bridgehead atoms. The SMILES string of the molecule is COCc1ccc(C(=O)NCc2ccc(OCC3CCCO3)c(OC)c2)cc1. The Balaban J connectivity index is 1.55. The summed E-state index contributed by atoms with van der Waals surface area (Å²) in [5.41, 5.74) is 2.58. The van der Waals surface area contributed by atoms with E-state index in [1.807, 2.05) is 30.3 Å². The average molecular weight is 385 g/mol. The Morgan fingerprint density at radius 3 is 2.57 bits per heavy atom. The zero-order valence-corrected chi connectivity index (χ0v) is 16.4. The summed E-state index contributed by atoms with van der Waals surface area (Å²) in [5, 5.41) is 2.93. The van der Waals surface area contributed by atoms with Crippen molar-refractivity contribution >= 4 is 5.91 Å². The Labute approximate surface area is 165 Å². The van der Waals surface area contributed by atoms with Crippen molar-refractivity contribution in [1.29, 1.82) is 0 Å². The molecule has 6 heteroatoms. The summed E-state index contributed by atoms with van der Waals surface area (Å²) in [6.45, 7) is 2.26. The zero-order chi connectivity index (χ0) is 19.8. The Morgan fingerprint density at radius 2 is 1.89 bits per heavy atom. The van der Waals surface area contributed by atoms with Gasteiger partial charge in [0.25, 0.3) is 5.91 Å². The lowest BCUT2D eigenvalue weighted by atomic mass is 10.1. The highest BCUT2D eigenvalue weighted by molar-refractivity contribution is 5.94. The van der Waals surface area contributed by atoms with Gasteiger partial charge in [-0.3, -0.25) is 4.79 Å². The molecule has 28 heavy (non-hydrogen) atoms. The third kappa shape index (κ3) is 5.47. The third-order valence-electron chi connectivity index (χ3n) is 4.66. The predicted octanol–water partition coefficient (Wildman–Crippen LogP) is 3.33. The smallest absolute Gasteiger partial charge is 0.251 e. The molecule has 1 unspecified atom stereocenters. The van der Waals surface area contributed by atoms with Crippen molar-refractivity contribution in [3.63, 3.8) is 0 Å². The topological polar surface area (TPSA) is 66.0 Å². The number of hydrogen-bond donors (Lipinski definition) is 1. The van der Waals surface area contributed by atoms with E-state index in [4.69, 9.17) is 18.9 Å². The van der Waals surface area contributed by atoms with Crippen LogP contribution in [-0.2, 0) is 22.6 Å². The van der Waals surface area contributed by atoms with Crippen molar-refractivity contribution in [1.82, 2.24) is 5.32 Å². The Bertz CT molecular complexity index is 769. The highest BCUT2D eigenvalue weighted by atomic mass is 16.5. The number of amides is 1. The van der Waals surface area contributed by atoms with E-state index in [-0.39, 0.29) is 12.0 Å². The maximum atomic E-state index is 12.3. The molecule has 1 atom stereocenters. The van der Waals surface area contributed by atoms with Crippen LogP contribution in [0, 0.1) is 0 Å². The lowest BCUT2D eigenvalue weighted by Crippen LogP contribution is -2.22. The molecule has 3 rings (SSSR count). The first-order chi connectivity index (χ1) is 13.7. The van der Waals surface area contributed by atoms with E-state index in [0.717, 1.165) is 30.6 Å². The van der Waals surface area contributed by atoms with Crippen molar-refractivity contribution in [3.05, 3.63) is 59.2 Å². The van der Waals surface area contributed by atoms with Crippen LogP contribution in [0.3, 0.4) is 0 Å². The Hall–Kier alpha value is -2.57. The zero-order valence-electron chi connectivity index (χ0n) is 16.4. The van der Waals surface area contributed by atoms with Gasteiger partial charge in [0.05, 0.1) is 19.8 Å². The van der Waals surface area contributed by atoms with Gasteiger partial charge < -0.3 is 24.3 Å². The van der Waals surface area contributed by atoms with Gasteiger partial charge in [-0.15, -0.1) is 0 Å². The van der Waals surface area contributed by atoms with Crippen LogP contribution >= 0.6 is 0 Å². The van der Waals surface area contributed by atoms with Crippen LogP contribution < -0.4 is 14.8 Å². The summed E-state index contributed by atoms with van der Waals surface area (Å²) in [6.07, 6.45) is 2.26. The molecule has 0 saturated carbocycles. The molecule has 1 N–H and O–H groups in total. The summed E-state index contributed by atoms with van der Waals surface area (Å²) < 4.78 is 21.9. The number of carbonyl (C=O) groups excluding carboxylic acids is 1. The molecule has 1 heterocycles. The minimum atomic E-state index is -0.123. The summed E-state index contributed by atoms with van der Waals surface area (Å²) in [6, 6.07) is 13.1. The van der Waals surface area contributed by atoms with Crippen LogP contribution in [0.1, 0.15) is 34.3 Å². The lowest BCUT2D eigenvalue weighted by Gasteiger charge is -2.15. The molecule has 2 aromatic rings. The van der Waals surface area contributed by atoms with Crippen LogP contribution in [0.25, 0.3) is 0 Å². The molecule has 1 fully saturated rings.